The van der Waals surface area contributed by atoms with Gasteiger partial charge in [0.1, 0.15) is 0 Å². The molecule has 0 atom stereocenters. The minimum atomic E-state index is 0.613. The Labute approximate surface area is 299 Å². The van der Waals surface area contributed by atoms with Gasteiger partial charge in [0.05, 0.1) is 45.1 Å². The fourth-order valence-electron chi connectivity index (χ4n) is 7.61. The molecule has 0 bridgehead atoms. The van der Waals surface area contributed by atoms with Gasteiger partial charge >= 0.3 is 0 Å². The number of benzene rings is 7. The molecule has 0 radical (unpaired) electrons. The molecule has 3 heterocycles. The second kappa shape index (κ2) is 11.9. The summed E-state index contributed by atoms with van der Waals surface area (Å²) in [6.45, 7) is 0. The van der Waals surface area contributed by atoms with Crippen molar-refractivity contribution in [3.05, 3.63) is 181 Å². The molecule has 5 nitrogen and oxygen atoms in total. The van der Waals surface area contributed by atoms with Crippen LogP contribution in [0.1, 0.15) is 5.56 Å². The molecule has 0 aliphatic carbocycles. The van der Waals surface area contributed by atoms with Crippen molar-refractivity contribution in [2.75, 3.05) is 0 Å². The summed E-state index contributed by atoms with van der Waals surface area (Å²) in [6, 6.07) is 63.1. The Bertz CT molecular complexity index is 3000. The smallest absolute Gasteiger partial charge is 0.160 e. The highest BCUT2D eigenvalue weighted by molar-refractivity contribution is 6.26. The number of hydrogen-bond donors (Lipinski definition) is 0. The molecule has 3 aromatic heterocycles. The minimum Gasteiger partial charge on any atom is -0.309 e. The van der Waals surface area contributed by atoms with Crippen LogP contribution in [0.15, 0.2) is 176 Å². The van der Waals surface area contributed by atoms with Crippen molar-refractivity contribution in [2.24, 2.45) is 0 Å². The zero-order chi connectivity index (χ0) is 34.6. The SMILES string of the molecule is N#Cc1ccc(-c2cc(-c3cccc(-n4c5ccccc5c5c4ccc4c6ccccc6n(-c6ccccc6)c45)c3)nc(-c3ccccc3)n2)cc1. The average Bonchev–Trinajstić information content (AvgIpc) is 3.74. The quantitative estimate of drug-likeness (QED) is 0.184. The number of aromatic nitrogens is 4. The molecular weight excluding hydrogens is 635 g/mol. The van der Waals surface area contributed by atoms with Crippen LogP contribution in [0.4, 0.5) is 0 Å². The monoisotopic (exact) mass is 663 g/mol. The number of nitrogens with zero attached hydrogens (tertiary/aromatic N) is 5. The Balaban J connectivity index is 1.22. The Morgan fingerprint density at radius 1 is 0.423 bits per heavy atom. The van der Waals surface area contributed by atoms with Crippen molar-refractivity contribution < 1.29 is 0 Å². The van der Waals surface area contributed by atoms with Gasteiger partial charge in [0.2, 0.25) is 0 Å². The Morgan fingerprint density at radius 2 is 1.04 bits per heavy atom. The van der Waals surface area contributed by atoms with Crippen LogP contribution in [0.5, 0.6) is 0 Å². The highest BCUT2D eigenvalue weighted by atomic mass is 15.0. The van der Waals surface area contributed by atoms with Crippen LogP contribution in [-0.2, 0) is 0 Å². The fourth-order valence-corrected chi connectivity index (χ4v) is 7.61. The molecule has 0 saturated carbocycles. The lowest BCUT2D eigenvalue weighted by atomic mass is 10.0. The molecular formula is C47H29N5. The van der Waals surface area contributed by atoms with Gasteiger partial charge in [-0.15, -0.1) is 0 Å². The Hall–Kier alpha value is -7.29. The zero-order valence-corrected chi connectivity index (χ0v) is 28.0. The first-order valence-electron chi connectivity index (χ1n) is 17.3. The van der Waals surface area contributed by atoms with Crippen LogP contribution in [0.25, 0.3) is 88.9 Å². The molecule has 0 spiro atoms. The maximum atomic E-state index is 9.39. The molecule has 0 N–H and O–H groups in total. The third-order valence-electron chi connectivity index (χ3n) is 9.95. The maximum Gasteiger partial charge on any atom is 0.160 e. The van der Waals surface area contributed by atoms with E-state index < -0.39 is 0 Å². The zero-order valence-electron chi connectivity index (χ0n) is 28.0. The van der Waals surface area contributed by atoms with Crippen molar-refractivity contribution >= 4 is 43.6 Å². The molecule has 0 unspecified atom stereocenters. The van der Waals surface area contributed by atoms with E-state index in [4.69, 9.17) is 9.97 Å². The maximum absolute atomic E-state index is 9.39. The summed E-state index contributed by atoms with van der Waals surface area (Å²) in [5.74, 6) is 0.649. The fraction of sp³-hybridized carbons (Fsp3) is 0. The summed E-state index contributed by atoms with van der Waals surface area (Å²) in [6.07, 6.45) is 0. The van der Waals surface area contributed by atoms with Crippen molar-refractivity contribution in [3.63, 3.8) is 0 Å². The molecule has 0 aliphatic rings. The molecule has 10 rings (SSSR count). The molecule has 7 aromatic carbocycles. The minimum absolute atomic E-state index is 0.613. The summed E-state index contributed by atoms with van der Waals surface area (Å²) >= 11 is 0. The second-order valence-corrected chi connectivity index (χ2v) is 13.0. The van der Waals surface area contributed by atoms with Crippen molar-refractivity contribution in [2.45, 2.75) is 0 Å². The predicted octanol–water partition coefficient (Wildman–Crippen LogP) is 11.5. The van der Waals surface area contributed by atoms with E-state index in [2.05, 4.69) is 130 Å². The number of para-hydroxylation sites is 3. The van der Waals surface area contributed by atoms with E-state index in [9.17, 15) is 5.26 Å². The first kappa shape index (κ1) is 29.6. The lowest BCUT2D eigenvalue weighted by Crippen LogP contribution is -1.98. The van der Waals surface area contributed by atoms with Gasteiger partial charge in [0.15, 0.2) is 5.82 Å². The van der Waals surface area contributed by atoms with Gasteiger partial charge < -0.3 is 9.13 Å². The number of fused-ring (bicyclic) bond motifs is 7. The van der Waals surface area contributed by atoms with Gasteiger partial charge in [-0.3, -0.25) is 0 Å². The van der Waals surface area contributed by atoms with Crippen LogP contribution in [0, 0.1) is 11.3 Å². The van der Waals surface area contributed by atoms with Crippen LogP contribution < -0.4 is 0 Å². The Morgan fingerprint density at radius 3 is 1.79 bits per heavy atom. The topological polar surface area (TPSA) is 59.4 Å². The first-order chi connectivity index (χ1) is 25.7. The highest BCUT2D eigenvalue weighted by Crippen LogP contribution is 2.42. The van der Waals surface area contributed by atoms with Crippen LogP contribution in [0.3, 0.4) is 0 Å². The number of hydrogen-bond acceptors (Lipinski definition) is 3. The molecule has 52 heavy (non-hydrogen) atoms. The molecule has 0 fully saturated rings. The summed E-state index contributed by atoms with van der Waals surface area (Å²) in [7, 11) is 0. The largest absolute Gasteiger partial charge is 0.309 e. The molecule has 5 heteroatoms. The van der Waals surface area contributed by atoms with E-state index in [1.807, 2.05) is 60.7 Å². The molecule has 242 valence electrons. The standard InChI is InChI=1S/C47H29N5/c48-30-31-22-24-32(25-23-31)40-29-41(50-47(49-40)33-12-3-1-4-13-33)34-14-11-17-36(28-34)51-43-21-10-8-19-39(43)45-44(51)27-26-38-37-18-7-9-20-42(37)52(46(38)45)35-15-5-2-6-16-35/h1-29H. The van der Waals surface area contributed by atoms with E-state index >= 15 is 0 Å². The third-order valence-corrected chi connectivity index (χ3v) is 9.95. The van der Waals surface area contributed by atoms with E-state index in [0.29, 0.717) is 11.4 Å². The molecule has 0 saturated heterocycles. The first-order valence-corrected chi connectivity index (χ1v) is 17.3. The second-order valence-electron chi connectivity index (χ2n) is 13.0. The van der Waals surface area contributed by atoms with Crippen LogP contribution in [0.2, 0.25) is 0 Å². The lowest BCUT2D eigenvalue weighted by Gasteiger charge is -2.12. The number of nitriles is 1. The van der Waals surface area contributed by atoms with E-state index in [-0.39, 0.29) is 0 Å². The molecule has 0 amide bonds. The summed E-state index contributed by atoms with van der Waals surface area (Å²) in [5, 5.41) is 14.3. The summed E-state index contributed by atoms with van der Waals surface area (Å²) in [5.41, 5.74) is 11.9. The van der Waals surface area contributed by atoms with E-state index in [1.54, 1.807) is 0 Å². The summed E-state index contributed by atoms with van der Waals surface area (Å²) < 4.78 is 4.79. The van der Waals surface area contributed by atoms with Gasteiger partial charge in [-0.1, -0.05) is 115 Å². The van der Waals surface area contributed by atoms with Gasteiger partial charge in [-0.2, -0.15) is 5.26 Å². The van der Waals surface area contributed by atoms with E-state index in [1.165, 1.54) is 32.6 Å². The normalized spacial score (nSPS) is 11.4. The van der Waals surface area contributed by atoms with Gasteiger partial charge in [-0.05, 0) is 60.7 Å². The third kappa shape index (κ3) is 4.70. The van der Waals surface area contributed by atoms with Gasteiger partial charge in [0, 0.05) is 49.6 Å². The lowest BCUT2D eigenvalue weighted by molar-refractivity contribution is 1.16. The average molecular weight is 664 g/mol. The highest BCUT2D eigenvalue weighted by Gasteiger charge is 2.21. The van der Waals surface area contributed by atoms with Gasteiger partial charge in [0.25, 0.3) is 0 Å². The molecule has 10 aromatic rings. The predicted molar refractivity (Wildman–Crippen MR) is 212 cm³/mol. The van der Waals surface area contributed by atoms with Crippen molar-refractivity contribution in [1.29, 1.82) is 5.26 Å². The number of rotatable bonds is 5. The summed E-state index contributed by atoms with van der Waals surface area (Å²) in [4.78, 5) is 10.1. The van der Waals surface area contributed by atoms with Crippen molar-refractivity contribution in [3.8, 4) is 51.3 Å². The van der Waals surface area contributed by atoms with E-state index in [0.717, 1.165) is 50.5 Å². The Kier molecular flexibility index (Phi) is 6.80. The molecule has 0 aliphatic heterocycles. The van der Waals surface area contributed by atoms with Crippen molar-refractivity contribution in [1.82, 2.24) is 19.1 Å². The van der Waals surface area contributed by atoms with Crippen LogP contribution >= 0.6 is 0 Å². The van der Waals surface area contributed by atoms with Crippen LogP contribution in [-0.4, -0.2) is 19.1 Å². The van der Waals surface area contributed by atoms with Gasteiger partial charge in [-0.25, -0.2) is 9.97 Å².